The van der Waals surface area contributed by atoms with E-state index in [0.717, 1.165) is 7.11 Å². The van der Waals surface area contributed by atoms with E-state index in [2.05, 4.69) is 0 Å². The maximum Gasteiger partial charge on any atom is 0.339 e. The summed E-state index contributed by atoms with van der Waals surface area (Å²) in [5.41, 5.74) is 4.77. The quantitative estimate of drug-likeness (QED) is 0.536. The van der Waals surface area contributed by atoms with Crippen LogP contribution in [-0.4, -0.2) is 44.0 Å². The Kier molecular flexibility index (Phi) is 5.30. The number of hydrogen-bond donors (Lipinski definition) is 1. The molecule has 1 atom stereocenters. The molecule has 9 heteroatoms. The molecule has 1 unspecified atom stereocenters. The van der Waals surface area contributed by atoms with Gasteiger partial charge in [0.25, 0.3) is 0 Å². The van der Waals surface area contributed by atoms with Crippen LogP contribution in [-0.2, 0) is 38.8 Å². The standard InChI is InChI=1S/C24H26N2O7/c1-5-32-17(28)12-26-14-9-7-6-8-13(14)24(19(20(26)25)21(29)31-4)18-15(27)10-23(2,3)11-16(18)33-22(24)30/h6-9H,5,10-12,25H2,1-4H3. The summed E-state index contributed by atoms with van der Waals surface area (Å²) in [6, 6.07) is 6.69. The van der Waals surface area contributed by atoms with Gasteiger partial charge in [-0.2, -0.15) is 0 Å². The number of rotatable bonds is 4. The minimum absolute atomic E-state index is 0.110. The normalized spacial score (nSPS) is 23.3. The van der Waals surface area contributed by atoms with E-state index in [-0.39, 0.29) is 48.1 Å². The van der Waals surface area contributed by atoms with Gasteiger partial charge in [-0.25, -0.2) is 9.59 Å². The van der Waals surface area contributed by atoms with Crippen LogP contribution in [0.5, 0.6) is 0 Å². The first-order valence-corrected chi connectivity index (χ1v) is 10.7. The van der Waals surface area contributed by atoms with Gasteiger partial charge < -0.3 is 24.8 Å². The van der Waals surface area contributed by atoms with Crippen LogP contribution in [0.2, 0.25) is 0 Å². The van der Waals surface area contributed by atoms with Crippen molar-refractivity contribution in [2.75, 3.05) is 25.2 Å². The third-order valence-corrected chi connectivity index (χ3v) is 6.24. The predicted molar refractivity (Wildman–Crippen MR) is 116 cm³/mol. The molecular formula is C24H26N2O7. The second-order valence-electron chi connectivity index (χ2n) is 9.04. The number of anilines is 1. The van der Waals surface area contributed by atoms with Gasteiger partial charge >= 0.3 is 17.9 Å². The Morgan fingerprint density at radius 2 is 1.88 bits per heavy atom. The number of ether oxygens (including phenoxy) is 3. The van der Waals surface area contributed by atoms with Crippen molar-refractivity contribution in [2.45, 2.75) is 39.0 Å². The topological polar surface area (TPSA) is 125 Å². The third kappa shape index (κ3) is 3.21. The molecule has 1 aliphatic carbocycles. The molecule has 0 saturated heterocycles. The number of nitrogens with two attached hydrogens (primary N) is 1. The number of carbonyl (C=O) groups excluding carboxylic acids is 4. The lowest BCUT2D eigenvalue weighted by molar-refractivity contribution is -0.145. The molecule has 0 bridgehead atoms. The van der Waals surface area contributed by atoms with E-state index in [1.54, 1.807) is 31.2 Å². The molecule has 2 aliphatic heterocycles. The Morgan fingerprint density at radius 1 is 1.18 bits per heavy atom. The summed E-state index contributed by atoms with van der Waals surface area (Å²) in [4.78, 5) is 53.9. The minimum Gasteiger partial charge on any atom is -0.466 e. The van der Waals surface area contributed by atoms with Gasteiger partial charge in [-0.1, -0.05) is 32.0 Å². The fourth-order valence-electron chi connectivity index (χ4n) is 5.02. The van der Waals surface area contributed by atoms with Crippen LogP contribution in [0, 0.1) is 5.41 Å². The number of fused-ring (bicyclic) bond motifs is 3. The summed E-state index contributed by atoms with van der Waals surface area (Å²) < 4.78 is 15.7. The molecule has 0 radical (unpaired) electrons. The van der Waals surface area contributed by atoms with Crippen LogP contribution in [0.4, 0.5) is 5.69 Å². The molecule has 1 spiro atoms. The van der Waals surface area contributed by atoms with Crippen molar-refractivity contribution < 1.29 is 33.4 Å². The zero-order valence-electron chi connectivity index (χ0n) is 19.0. The van der Waals surface area contributed by atoms with Crippen LogP contribution >= 0.6 is 0 Å². The second kappa shape index (κ2) is 7.75. The average Bonchev–Trinajstić information content (AvgIpc) is 3.02. The molecule has 1 aromatic carbocycles. The average molecular weight is 454 g/mol. The first-order chi connectivity index (χ1) is 15.6. The number of Topliss-reactive ketones (excluding diaryl/α,β-unsaturated/α-hetero) is 1. The molecule has 0 aromatic heterocycles. The molecule has 9 nitrogen and oxygen atoms in total. The highest BCUT2D eigenvalue weighted by atomic mass is 16.5. The van der Waals surface area contributed by atoms with Crippen LogP contribution < -0.4 is 10.6 Å². The highest BCUT2D eigenvalue weighted by Gasteiger charge is 2.64. The van der Waals surface area contributed by atoms with E-state index < -0.39 is 28.7 Å². The molecule has 2 N–H and O–H groups in total. The predicted octanol–water partition coefficient (Wildman–Crippen LogP) is 1.85. The Balaban J connectivity index is 2.04. The van der Waals surface area contributed by atoms with E-state index in [4.69, 9.17) is 19.9 Å². The number of methoxy groups -OCH3 is 1. The lowest BCUT2D eigenvalue weighted by Gasteiger charge is -2.41. The van der Waals surface area contributed by atoms with Crippen molar-refractivity contribution in [1.29, 1.82) is 0 Å². The zero-order chi connectivity index (χ0) is 24.1. The summed E-state index contributed by atoms with van der Waals surface area (Å²) in [5, 5.41) is 0. The van der Waals surface area contributed by atoms with Gasteiger partial charge in [0.1, 0.15) is 23.7 Å². The number of allylic oxidation sites excluding steroid dienone is 1. The third-order valence-electron chi connectivity index (χ3n) is 6.24. The SMILES string of the molecule is CCOC(=O)CN1C(N)=C(C(=O)OC)C2(C(=O)OC3=C2C(=O)CC(C)(C)C3)c2ccccc21. The van der Waals surface area contributed by atoms with Crippen molar-refractivity contribution in [3.8, 4) is 0 Å². The van der Waals surface area contributed by atoms with Gasteiger partial charge in [-0.05, 0) is 18.4 Å². The number of esters is 3. The molecule has 2 heterocycles. The van der Waals surface area contributed by atoms with E-state index in [1.807, 2.05) is 13.8 Å². The van der Waals surface area contributed by atoms with Gasteiger partial charge in [0.05, 0.1) is 19.3 Å². The Hall–Kier alpha value is -3.62. The van der Waals surface area contributed by atoms with E-state index in [0.29, 0.717) is 17.7 Å². The molecule has 3 aliphatic rings. The first-order valence-electron chi connectivity index (χ1n) is 10.7. The van der Waals surface area contributed by atoms with E-state index >= 15 is 0 Å². The molecule has 0 saturated carbocycles. The highest BCUT2D eigenvalue weighted by Crippen LogP contribution is 2.57. The summed E-state index contributed by atoms with van der Waals surface area (Å²) in [6.07, 6.45) is 0.526. The monoisotopic (exact) mass is 454 g/mol. The number of benzene rings is 1. The number of nitrogens with zero attached hydrogens (tertiary/aromatic N) is 1. The van der Waals surface area contributed by atoms with Crippen molar-refractivity contribution in [3.05, 3.63) is 52.6 Å². The van der Waals surface area contributed by atoms with Crippen LogP contribution in [0.25, 0.3) is 0 Å². The van der Waals surface area contributed by atoms with E-state index in [9.17, 15) is 19.2 Å². The van der Waals surface area contributed by atoms with Gasteiger partial charge in [-0.15, -0.1) is 0 Å². The number of carbonyl (C=O) groups is 4. The van der Waals surface area contributed by atoms with Crippen molar-refractivity contribution in [1.82, 2.24) is 0 Å². The lowest BCUT2D eigenvalue weighted by Crippen LogP contribution is -2.51. The van der Waals surface area contributed by atoms with Crippen molar-refractivity contribution in [2.24, 2.45) is 11.1 Å². The van der Waals surface area contributed by atoms with Crippen LogP contribution in [0.15, 0.2) is 47.0 Å². The fourth-order valence-corrected chi connectivity index (χ4v) is 5.02. The number of hydrogen-bond acceptors (Lipinski definition) is 9. The van der Waals surface area contributed by atoms with Gasteiger partial charge in [-0.3, -0.25) is 9.59 Å². The molecular weight excluding hydrogens is 428 g/mol. The summed E-state index contributed by atoms with van der Waals surface area (Å²) in [6.45, 7) is 5.37. The zero-order valence-corrected chi connectivity index (χ0v) is 19.0. The first kappa shape index (κ1) is 22.6. The van der Waals surface area contributed by atoms with Gasteiger partial charge in [0, 0.05) is 24.1 Å². The molecule has 174 valence electrons. The second-order valence-corrected chi connectivity index (χ2v) is 9.04. The molecule has 33 heavy (non-hydrogen) atoms. The largest absolute Gasteiger partial charge is 0.466 e. The fraction of sp³-hybridized carbons (Fsp3) is 0.417. The Morgan fingerprint density at radius 3 is 2.55 bits per heavy atom. The Bertz CT molecular complexity index is 1150. The van der Waals surface area contributed by atoms with Crippen LogP contribution in [0.3, 0.4) is 0 Å². The molecule has 4 rings (SSSR count). The van der Waals surface area contributed by atoms with Crippen LogP contribution in [0.1, 0.15) is 39.2 Å². The van der Waals surface area contributed by atoms with Crippen molar-refractivity contribution >= 4 is 29.4 Å². The lowest BCUT2D eigenvalue weighted by atomic mass is 9.62. The summed E-state index contributed by atoms with van der Waals surface area (Å²) in [7, 11) is 1.16. The number of para-hydroxylation sites is 1. The van der Waals surface area contributed by atoms with E-state index in [1.165, 1.54) is 4.90 Å². The van der Waals surface area contributed by atoms with Gasteiger partial charge in [0.2, 0.25) is 0 Å². The molecule has 0 fully saturated rings. The minimum atomic E-state index is -1.87. The molecule has 0 amide bonds. The summed E-state index contributed by atoms with van der Waals surface area (Å²) >= 11 is 0. The maximum absolute atomic E-state index is 13.6. The smallest absolute Gasteiger partial charge is 0.339 e. The maximum atomic E-state index is 13.6. The van der Waals surface area contributed by atoms with Gasteiger partial charge in [0.15, 0.2) is 11.2 Å². The van der Waals surface area contributed by atoms with Crippen molar-refractivity contribution in [3.63, 3.8) is 0 Å². The summed E-state index contributed by atoms with van der Waals surface area (Å²) in [5.74, 6) is -2.47. The Labute approximate surface area is 191 Å². The number of ketones is 1. The molecule has 1 aromatic rings. The highest BCUT2D eigenvalue weighted by molar-refractivity contribution is 6.18.